The summed E-state index contributed by atoms with van der Waals surface area (Å²) < 4.78 is 0. The minimum absolute atomic E-state index is 0.0388. The van der Waals surface area contributed by atoms with Crippen LogP contribution < -0.4 is 22.1 Å². The fourth-order valence-corrected chi connectivity index (χ4v) is 3.63. The normalized spacial score (nSPS) is 18.7. The third-order valence-electron chi connectivity index (χ3n) is 4.90. The molecule has 1 saturated heterocycles. The predicted molar refractivity (Wildman–Crippen MR) is 113 cm³/mol. The first-order valence-electron chi connectivity index (χ1n) is 9.90. The molecule has 0 bridgehead atoms. The van der Waals surface area contributed by atoms with Crippen LogP contribution in [-0.2, 0) is 24.0 Å². The summed E-state index contributed by atoms with van der Waals surface area (Å²) in [5.74, 6) is -3.18. The zero-order valence-corrected chi connectivity index (χ0v) is 18.2. The molecule has 8 N–H and O–H groups in total. The van der Waals surface area contributed by atoms with Gasteiger partial charge in [-0.25, -0.2) is 4.79 Å². The molecule has 1 fully saturated rings. The lowest BCUT2D eigenvalue weighted by atomic mass is 10.1. The third kappa shape index (κ3) is 8.34. The maximum Gasteiger partial charge on any atom is 0.328 e. The van der Waals surface area contributed by atoms with E-state index in [1.807, 2.05) is 6.26 Å². The van der Waals surface area contributed by atoms with Gasteiger partial charge in [0.25, 0.3) is 0 Å². The summed E-state index contributed by atoms with van der Waals surface area (Å²) in [7, 11) is 0. The van der Waals surface area contributed by atoms with E-state index in [9.17, 15) is 24.0 Å². The molecule has 1 aliphatic rings. The number of aliphatic hydroxyl groups is 1. The van der Waals surface area contributed by atoms with Gasteiger partial charge in [-0.15, -0.1) is 0 Å². The van der Waals surface area contributed by atoms with Crippen LogP contribution in [0.5, 0.6) is 0 Å². The van der Waals surface area contributed by atoms with Gasteiger partial charge >= 0.3 is 5.97 Å². The number of carboxylic acid groups (broad SMARTS) is 1. The highest BCUT2D eigenvalue weighted by Gasteiger charge is 2.38. The number of rotatable bonds is 13. The number of carbonyl (C=O) groups excluding carboxylic acids is 4. The van der Waals surface area contributed by atoms with Gasteiger partial charge in [0, 0.05) is 13.0 Å². The smallest absolute Gasteiger partial charge is 0.328 e. The topological polar surface area (TPSA) is 205 Å². The van der Waals surface area contributed by atoms with Crippen LogP contribution in [0.1, 0.15) is 32.1 Å². The van der Waals surface area contributed by atoms with Gasteiger partial charge in [-0.3, -0.25) is 19.2 Å². The molecule has 0 aromatic rings. The Morgan fingerprint density at radius 2 is 1.84 bits per heavy atom. The van der Waals surface area contributed by atoms with E-state index in [0.29, 0.717) is 25.0 Å². The van der Waals surface area contributed by atoms with E-state index in [1.54, 1.807) is 0 Å². The summed E-state index contributed by atoms with van der Waals surface area (Å²) >= 11 is 1.47. The number of hydrogen-bond donors (Lipinski definition) is 6. The number of hydrogen-bond acceptors (Lipinski definition) is 8. The molecule has 0 aromatic carbocycles. The molecule has 176 valence electrons. The van der Waals surface area contributed by atoms with Crippen LogP contribution in [-0.4, -0.2) is 94.0 Å². The van der Waals surface area contributed by atoms with Gasteiger partial charge in [0.2, 0.25) is 23.6 Å². The number of nitrogens with two attached hydrogens (primary N) is 2. The maximum absolute atomic E-state index is 13.1. The van der Waals surface area contributed by atoms with Crippen molar-refractivity contribution in [2.75, 3.05) is 25.2 Å². The molecule has 31 heavy (non-hydrogen) atoms. The van der Waals surface area contributed by atoms with Crippen molar-refractivity contribution < 1.29 is 34.2 Å². The Bertz CT molecular complexity index is 678. The monoisotopic (exact) mass is 461 g/mol. The lowest BCUT2D eigenvalue weighted by Gasteiger charge is -2.29. The molecule has 0 saturated carbocycles. The Balaban J connectivity index is 2.87. The maximum atomic E-state index is 13.1. The number of carbonyl (C=O) groups is 5. The SMILES string of the molecule is CSCCC(NC(=O)C(N)CCC(N)=O)C(=O)N1CCCC1C(=O)NC(CO)C(=O)O. The second-order valence-electron chi connectivity index (χ2n) is 7.23. The summed E-state index contributed by atoms with van der Waals surface area (Å²) in [6.07, 6.45) is 2.97. The number of likely N-dealkylation sites (tertiary alicyclic amines) is 1. The number of primary amides is 1. The van der Waals surface area contributed by atoms with E-state index in [-0.39, 0.29) is 19.4 Å². The third-order valence-corrected chi connectivity index (χ3v) is 5.54. The molecule has 1 aliphatic heterocycles. The van der Waals surface area contributed by atoms with E-state index in [4.69, 9.17) is 21.7 Å². The van der Waals surface area contributed by atoms with Crippen molar-refractivity contribution in [1.82, 2.24) is 15.5 Å². The first-order chi connectivity index (χ1) is 14.6. The second-order valence-corrected chi connectivity index (χ2v) is 8.21. The zero-order chi connectivity index (χ0) is 23.6. The summed E-state index contributed by atoms with van der Waals surface area (Å²) in [4.78, 5) is 61.3. The predicted octanol–water partition coefficient (Wildman–Crippen LogP) is -2.63. The molecule has 0 aliphatic carbocycles. The Morgan fingerprint density at radius 1 is 1.16 bits per heavy atom. The summed E-state index contributed by atoms with van der Waals surface area (Å²) in [5.41, 5.74) is 10.8. The Labute approximate surface area is 184 Å². The van der Waals surface area contributed by atoms with Crippen LogP contribution in [0, 0.1) is 0 Å². The van der Waals surface area contributed by atoms with E-state index in [2.05, 4.69) is 10.6 Å². The number of aliphatic hydroxyl groups excluding tert-OH is 1. The van der Waals surface area contributed by atoms with Crippen molar-refractivity contribution in [3.63, 3.8) is 0 Å². The molecule has 0 spiro atoms. The van der Waals surface area contributed by atoms with Crippen molar-refractivity contribution in [3.05, 3.63) is 0 Å². The first-order valence-corrected chi connectivity index (χ1v) is 11.3. The average molecular weight is 462 g/mol. The van der Waals surface area contributed by atoms with E-state index in [1.165, 1.54) is 16.7 Å². The lowest BCUT2D eigenvalue weighted by Crippen LogP contribution is -2.57. The van der Waals surface area contributed by atoms with Crippen LogP contribution in [0.4, 0.5) is 0 Å². The molecule has 4 atom stereocenters. The molecular formula is C18H31N5O7S. The van der Waals surface area contributed by atoms with Crippen LogP contribution in [0.15, 0.2) is 0 Å². The lowest BCUT2D eigenvalue weighted by molar-refractivity contribution is -0.145. The number of carboxylic acids is 1. The van der Waals surface area contributed by atoms with Gasteiger partial charge in [0.15, 0.2) is 0 Å². The van der Waals surface area contributed by atoms with Crippen LogP contribution in [0.3, 0.4) is 0 Å². The van der Waals surface area contributed by atoms with Gasteiger partial charge in [-0.2, -0.15) is 11.8 Å². The number of aliphatic carboxylic acids is 1. The fourth-order valence-electron chi connectivity index (χ4n) is 3.16. The Morgan fingerprint density at radius 3 is 2.39 bits per heavy atom. The van der Waals surface area contributed by atoms with Crippen molar-refractivity contribution in [2.24, 2.45) is 11.5 Å². The molecule has 0 aromatic heterocycles. The van der Waals surface area contributed by atoms with E-state index < -0.39 is 60.4 Å². The molecule has 4 amide bonds. The van der Waals surface area contributed by atoms with Gasteiger partial charge in [0.05, 0.1) is 12.6 Å². The molecule has 1 rings (SSSR count). The number of thioether (sulfide) groups is 1. The summed E-state index contributed by atoms with van der Waals surface area (Å²) in [5, 5.41) is 22.9. The molecule has 13 heteroatoms. The molecule has 1 heterocycles. The molecule has 12 nitrogen and oxygen atoms in total. The highest BCUT2D eigenvalue weighted by atomic mass is 32.2. The fraction of sp³-hybridized carbons (Fsp3) is 0.722. The largest absolute Gasteiger partial charge is 0.480 e. The van der Waals surface area contributed by atoms with Gasteiger partial charge in [-0.1, -0.05) is 0 Å². The molecule has 4 unspecified atom stereocenters. The Kier molecular flexibility index (Phi) is 11.3. The van der Waals surface area contributed by atoms with Gasteiger partial charge in [0.1, 0.15) is 18.1 Å². The number of nitrogens with zero attached hydrogens (tertiary/aromatic N) is 1. The zero-order valence-electron chi connectivity index (χ0n) is 17.4. The first kappa shape index (κ1) is 26.7. The minimum atomic E-state index is -1.47. The summed E-state index contributed by atoms with van der Waals surface area (Å²) in [6.45, 7) is -0.509. The molecule has 0 radical (unpaired) electrons. The second kappa shape index (κ2) is 13.1. The standard InChI is InChI=1S/C18H31N5O7S/c1-31-8-6-11(21-15(26)10(19)4-5-14(20)25)17(28)23-7-2-3-13(23)16(27)22-12(9-24)18(29)30/h10-13,24H,2-9,19H2,1H3,(H2,20,25)(H,21,26)(H,22,27)(H,29,30). The highest BCUT2D eigenvalue weighted by molar-refractivity contribution is 7.98. The number of amides is 4. The average Bonchev–Trinajstić information content (AvgIpc) is 3.21. The van der Waals surface area contributed by atoms with E-state index in [0.717, 1.165) is 0 Å². The van der Waals surface area contributed by atoms with Crippen molar-refractivity contribution >= 4 is 41.4 Å². The van der Waals surface area contributed by atoms with Crippen molar-refractivity contribution in [3.8, 4) is 0 Å². The van der Waals surface area contributed by atoms with Crippen LogP contribution in [0.2, 0.25) is 0 Å². The van der Waals surface area contributed by atoms with Crippen molar-refractivity contribution in [1.29, 1.82) is 0 Å². The van der Waals surface area contributed by atoms with Gasteiger partial charge < -0.3 is 37.2 Å². The van der Waals surface area contributed by atoms with Crippen LogP contribution in [0.25, 0.3) is 0 Å². The molecular weight excluding hydrogens is 430 g/mol. The Hall–Kier alpha value is -2.38. The quantitative estimate of drug-likeness (QED) is 0.169. The van der Waals surface area contributed by atoms with Crippen molar-refractivity contribution in [2.45, 2.75) is 56.3 Å². The van der Waals surface area contributed by atoms with Crippen LogP contribution >= 0.6 is 11.8 Å². The number of nitrogens with one attached hydrogen (secondary N) is 2. The van der Waals surface area contributed by atoms with E-state index >= 15 is 0 Å². The minimum Gasteiger partial charge on any atom is -0.480 e. The van der Waals surface area contributed by atoms with Gasteiger partial charge in [-0.05, 0) is 37.7 Å². The summed E-state index contributed by atoms with van der Waals surface area (Å²) in [6, 6.07) is -4.32. The highest BCUT2D eigenvalue weighted by Crippen LogP contribution is 2.20.